The van der Waals surface area contributed by atoms with E-state index >= 15 is 0 Å². The molecular formula is C17H21N3O3S. The third-order valence-corrected chi connectivity index (χ3v) is 4.70. The third kappa shape index (κ3) is 4.55. The van der Waals surface area contributed by atoms with Gasteiger partial charge in [-0.25, -0.2) is 8.42 Å². The Labute approximate surface area is 142 Å². The number of nitrogens with one attached hydrogen (secondary N) is 1. The van der Waals surface area contributed by atoms with Crippen molar-refractivity contribution in [2.24, 2.45) is 0 Å². The molecule has 0 radical (unpaired) electrons. The second kappa shape index (κ2) is 7.44. The summed E-state index contributed by atoms with van der Waals surface area (Å²) < 4.78 is 25.5. The van der Waals surface area contributed by atoms with Crippen molar-refractivity contribution in [3.8, 4) is 0 Å². The number of nitrogens with zero attached hydrogens (tertiary/aromatic N) is 2. The van der Waals surface area contributed by atoms with Gasteiger partial charge in [0.1, 0.15) is 6.54 Å². The van der Waals surface area contributed by atoms with Gasteiger partial charge in [0, 0.05) is 18.9 Å². The molecule has 0 aliphatic rings. The first-order chi connectivity index (χ1) is 11.3. The molecule has 0 spiro atoms. The van der Waals surface area contributed by atoms with Crippen LogP contribution in [0.1, 0.15) is 16.7 Å². The predicted octanol–water partition coefficient (Wildman–Crippen LogP) is 1.78. The first kappa shape index (κ1) is 17.9. The Bertz CT molecular complexity index is 800. The molecule has 0 fully saturated rings. The van der Waals surface area contributed by atoms with Crippen LogP contribution in [0.25, 0.3) is 0 Å². The Morgan fingerprint density at radius 2 is 1.83 bits per heavy atom. The Hall–Kier alpha value is -2.41. The quantitative estimate of drug-likeness (QED) is 0.864. The topological polar surface area (TPSA) is 79.4 Å². The maximum absolute atomic E-state index is 12.2. The first-order valence-electron chi connectivity index (χ1n) is 7.48. The Balaban J connectivity index is 2.17. The van der Waals surface area contributed by atoms with Crippen LogP contribution in [0.15, 0.2) is 42.7 Å². The van der Waals surface area contributed by atoms with Crippen molar-refractivity contribution in [3.63, 3.8) is 0 Å². The number of rotatable bonds is 6. The number of amides is 1. The smallest absolute Gasteiger partial charge is 0.241 e. The monoisotopic (exact) mass is 347 g/mol. The zero-order valence-corrected chi connectivity index (χ0v) is 14.8. The lowest BCUT2D eigenvalue weighted by molar-refractivity contribution is -0.119. The molecule has 0 atom stereocenters. The number of anilines is 1. The second-order valence-electron chi connectivity index (χ2n) is 5.65. The summed E-state index contributed by atoms with van der Waals surface area (Å²) in [6.07, 6.45) is 4.41. The molecule has 1 heterocycles. The summed E-state index contributed by atoms with van der Waals surface area (Å²) in [4.78, 5) is 16.2. The standard InChI is InChI=1S/C17H21N3O3S/c1-13-6-4-7-14(2)17(13)20(24(3,22)23)12-16(21)19-11-15-8-5-9-18-10-15/h4-10H,11-12H2,1-3H3,(H,19,21). The lowest BCUT2D eigenvalue weighted by atomic mass is 10.1. The summed E-state index contributed by atoms with van der Waals surface area (Å²) >= 11 is 0. The molecule has 2 rings (SSSR count). The maximum Gasteiger partial charge on any atom is 0.241 e. The van der Waals surface area contributed by atoms with E-state index in [1.807, 2.05) is 38.1 Å². The maximum atomic E-state index is 12.2. The van der Waals surface area contributed by atoms with Gasteiger partial charge in [0.2, 0.25) is 15.9 Å². The summed E-state index contributed by atoms with van der Waals surface area (Å²) in [5.41, 5.74) is 3.02. The van der Waals surface area contributed by atoms with Crippen LogP contribution in [-0.2, 0) is 21.4 Å². The predicted molar refractivity (Wildman–Crippen MR) is 94.2 cm³/mol. The van der Waals surface area contributed by atoms with E-state index in [0.29, 0.717) is 12.2 Å². The molecule has 0 saturated carbocycles. The van der Waals surface area contributed by atoms with Crippen LogP contribution in [0, 0.1) is 13.8 Å². The number of pyridine rings is 1. The highest BCUT2D eigenvalue weighted by Gasteiger charge is 2.23. The number of aromatic nitrogens is 1. The molecule has 2 aromatic rings. The molecule has 1 aromatic heterocycles. The molecular weight excluding hydrogens is 326 g/mol. The SMILES string of the molecule is Cc1cccc(C)c1N(CC(=O)NCc1cccnc1)S(C)(=O)=O. The van der Waals surface area contributed by atoms with Crippen molar-refractivity contribution < 1.29 is 13.2 Å². The van der Waals surface area contributed by atoms with E-state index in [2.05, 4.69) is 10.3 Å². The summed E-state index contributed by atoms with van der Waals surface area (Å²) in [6, 6.07) is 9.13. The van der Waals surface area contributed by atoms with E-state index in [9.17, 15) is 13.2 Å². The highest BCUT2D eigenvalue weighted by atomic mass is 32.2. The van der Waals surface area contributed by atoms with Crippen molar-refractivity contribution in [2.75, 3.05) is 17.1 Å². The minimum absolute atomic E-state index is 0.259. The van der Waals surface area contributed by atoms with Crippen LogP contribution >= 0.6 is 0 Å². The Kier molecular flexibility index (Phi) is 5.56. The molecule has 1 N–H and O–H groups in total. The number of aryl methyl sites for hydroxylation is 2. The normalized spacial score (nSPS) is 11.1. The van der Waals surface area contributed by atoms with Gasteiger partial charge < -0.3 is 5.32 Å². The minimum atomic E-state index is -3.58. The molecule has 0 saturated heterocycles. The summed E-state index contributed by atoms with van der Waals surface area (Å²) in [5, 5.41) is 2.73. The molecule has 6 nitrogen and oxygen atoms in total. The van der Waals surface area contributed by atoms with E-state index in [-0.39, 0.29) is 12.5 Å². The van der Waals surface area contributed by atoms with E-state index < -0.39 is 10.0 Å². The molecule has 0 bridgehead atoms. The van der Waals surface area contributed by atoms with Gasteiger partial charge in [-0.1, -0.05) is 24.3 Å². The number of hydrogen-bond acceptors (Lipinski definition) is 4. The molecule has 1 aromatic carbocycles. The van der Waals surface area contributed by atoms with Gasteiger partial charge in [0.05, 0.1) is 11.9 Å². The van der Waals surface area contributed by atoms with Crippen LogP contribution in [0.4, 0.5) is 5.69 Å². The lowest BCUT2D eigenvalue weighted by Gasteiger charge is -2.25. The van der Waals surface area contributed by atoms with E-state index in [0.717, 1.165) is 27.3 Å². The molecule has 0 aliphatic carbocycles. The van der Waals surface area contributed by atoms with Crippen LogP contribution < -0.4 is 9.62 Å². The molecule has 1 amide bonds. The lowest BCUT2D eigenvalue weighted by Crippen LogP contribution is -2.40. The van der Waals surface area contributed by atoms with Crippen molar-refractivity contribution >= 4 is 21.6 Å². The minimum Gasteiger partial charge on any atom is -0.350 e. The number of benzene rings is 1. The molecule has 0 unspecified atom stereocenters. The third-order valence-electron chi connectivity index (χ3n) is 3.59. The highest BCUT2D eigenvalue weighted by molar-refractivity contribution is 7.92. The largest absolute Gasteiger partial charge is 0.350 e. The number of hydrogen-bond donors (Lipinski definition) is 1. The summed E-state index contributed by atoms with van der Waals surface area (Å²) in [5.74, 6) is -0.369. The fourth-order valence-electron chi connectivity index (χ4n) is 2.45. The van der Waals surface area contributed by atoms with Gasteiger partial charge in [0.25, 0.3) is 0 Å². The summed E-state index contributed by atoms with van der Waals surface area (Å²) in [7, 11) is -3.58. The number of sulfonamides is 1. The fraction of sp³-hybridized carbons (Fsp3) is 0.294. The van der Waals surface area contributed by atoms with Crippen LogP contribution in [-0.4, -0.2) is 32.1 Å². The van der Waals surface area contributed by atoms with Gasteiger partial charge >= 0.3 is 0 Å². The summed E-state index contributed by atoms with van der Waals surface area (Å²) in [6.45, 7) is 3.70. The van der Waals surface area contributed by atoms with Crippen molar-refractivity contribution in [1.29, 1.82) is 0 Å². The second-order valence-corrected chi connectivity index (χ2v) is 7.55. The van der Waals surface area contributed by atoms with Crippen LogP contribution in [0.5, 0.6) is 0 Å². The Morgan fingerprint density at radius 1 is 1.17 bits per heavy atom. The van der Waals surface area contributed by atoms with Crippen molar-refractivity contribution in [1.82, 2.24) is 10.3 Å². The molecule has 128 valence electrons. The van der Waals surface area contributed by atoms with E-state index in [1.54, 1.807) is 18.5 Å². The fourth-order valence-corrected chi connectivity index (χ4v) is 3.42. The zero-order valence-electron chi connectivity index (χ0n) is 14.0. The average molecular weight is 347 g/mol. The number of para-hydroxylation sites is 1. The zero-order chi connectivity index (χ0) is 17.7. The molecule has 24 heavy (non-hydrogen) atoms. The van der Waals surface area contributed by atoms with Crippen LogP contribution in [0.3, 0.4) is 0 Å². The van der Waals surface area contributed by atoms with E-state index in [4.69, 9.17) is 0 Å². The molecule has 0 aliphatic heterocycles. The van der Waals surface area contributed by atoms with Gasteiger partial charge in [-0.2, -0.15) is 0 Å². The van der Waals surface area contributed by atoms with Gasteiger partial charge in [-0.05, 0) is 36.6 Å². The number of carbonyl (C=O) groups excluding carboxylic acids is 1. The van der Waals surface area contributed by atoms with Crippen molar-refractivity contribution in [2.45, 2.75) is 20.4 Å². The Morgan fingerprint density at radius 3 is 2.38 bits per heavy atom. The van der Waals surface area contributed by atoms with E-state index in [1.165, 1.54) is 0 Å². The van der Waals surface area contributed by atoms with Gasteiger partial charge in [0.15, 0.2) is 0 Å². The van der Waals surface area contributed by atoms with Crippen molar-refractivity contribution in [3.05, 3.63) is 59.4 Å². The van der Waals surface area contributed by atoms with Gasteiger partial charge in [-0.15, -0.1) is 0 Å². The first-order valence-corrected chi connectivity index (χ1v) is 9.33. The average Bonchev–Trinajstić information content (AvgIpc) is 2.52. The highest BCUT2D eigenvalue weighted by Crippen LogP contribution is 2.26. The van der Waals surface area contributed by atoms with Crippen LogP contribution in [0.2, 0.25) is 0 Å². The number of carbonyl (C=O) groups is 1. The van der Waals surface area contributed by atoms with Gasteiger partial charge in [-0.3, -0.25) is 14.1 Å². The molecule has 7 heteroatoms.